The molecule has 0 aliphatic rings. The number of carbonyl (C=O) groups excluding carboxylic acids is 3. The Morgan fingerprint density at radius 1 is 0.964 bits per heavy atom. The Bertz CT molecular complexity index is 905. The van der Waals surface area contributed by atoms with Gasteiger partial charge in [-0.1, -0.05) is 0 Å². The third-order valence-corrected chi connectivity index (χ3v) is 3.61. The lowest BCUT2D eigenvalue weighted by Gasteiger charge is -2.07. The van der Waals surface area contributed by atoms with Gasteiger partial charge in [-0.2, -0.15) is 0 Å². The number of methoxy groups -OCH3 is 1. The first kappa shape index (κ1) is 20.6. The van der Waals surface area contributed by atoms with Gasteiger partial charge in [0.25, 0.3) is 5.69 Å². The summed E-state index contributed by atoms with van der Waals surface area (Å²) in [5, 5.41) is 11.0. The van der Waals surface area contributed by atoms with Crippen molar-refractivity contribution in [3.8, 4) is 5.75 Å². The highest BCUT2D eigenvalue weighted by molar-refractivity contribution is 6.00. The highest BCUT2D eigenvalue weighted by Crippen LogP contribution is 2.19. The molecule has 28 heavy (non-hydrogen) atoms. The number of ketones is 1. The van der Waals surface area contributed by atoms with Crippen molar-refractivity contribution in [2.24, 2.45) is 0 Å². The Balaban J connectivity index is 2.11. The van der Waals surface area contributed by atoms with E-state index in [1.807, 2.05) is 6.92 Å². The molecule has 0 heterocycles. The number of carbonyl (C=O) groups is 3. The molecule has 0 saturated heterocycles. The van der Waals surface area contributed by atoms with Crippen LogP contribution in [0.4, 0.5) is 5.69 Å². The van der Waals surface area contributed by atoms with Gasteiger partial charge < -0.3 is 14.2 Å². The second kappa shape index (κ2) is 9.26. The number of Topliss-reactive ketones (excluding diaryl/α,β-unsaturated/α-hetero) is 1. The van der Waals surface area contributed by atoms with E-state index in [0.717, 1.165) is 25.3 Å². The zero-order chi connectivity index (χ0) is 20.7. The van der Waals surface area contributed by atoms with Crippen LogP contribution >= 0.6 is 0 Å². The van der Waals surface area contributed by atoms with Crippen molar-refractivity contribution in [1.82, 2.24) is 0 Å². The molecule has 0 N–H and O–H groups in total. The molecule has 146 valence electrons. The van der Waals surface area contributed by atoms with Crippen molar-refractivity contribution in [3.63, 3.8) is 0 Å². The van der Waals surface area contributed by atoms with Gasteiger partial charge in [-0.05, 0) is 37.3 Å². The van der Waals surface area contributed by atoms with Crippen LogP contribution < -0.4 is 4.74 Å². The van der Waals surface area contributed by atoms with Crippen molar-refractivity contribution >= 4 is 23.4 Å². The van der Waals surface area contributed by atoms with Crippen LogP contribution in [0.5, 0.6) is 5.75 Å². The third kappa shape index (κ3) is 5.13. The SMILES string of the molecule is CCOc1ccc(C(=O)COC(=O)c2cc(C(=O)OC)cc([N+](=O)[O-])c2)cc1. The van der Waals surface area contributed by atoms with E-state index in [9.17, 15) is 24.5 Å². The molecular weight excluding hydrogens is 370 g/mol. The first-order valence-electron chi connectivity index (χ1n) is 8.16. The van der Waals surface area contributed by atoms with Crippen molar-refractivity contribution in [1.29, 1.82) is 0 Å². The van der Waals surface area contributed by atoms with Gasteiger partial charge in [0.15, 0.2) is 12.4 Å². The van der Waals surface area contributed by atoms with Crippen LogP contribution in [0.15, 0.2) is 42.5 Å². The van der Waals surface area contributed by atoms with Crippen LogP contribution in [0.25, 0.3) is 0 Å². The molecule has 9 nitrogen and oxygen atoms in total. The van der Waals surface area contributed by atoms with Gasteiger partial charge in [0.05, 0.1) is 29.8 Å². The van der Waals surface area contributed by atoms with Crippen molar-refractivity contribution in [2.75, 3.05) is 20.3 Å². The first-order valence-corrected chi connectivity index (χ1v) is 8.16. The molecule has 0 fully saturated rings. The number of ether oxygens (including phenoxy) is 3. The molecular formula is C19H17NO8. The second-order valence-corrected chi connectivity index (χ2v) is 5.47. The Morgan fingerprint density at radius 3 is 2.11 bits per heavy atom. The van der Waals surface area contributed by atoms with E-state index in [0.29, 0.717) is 17.9 Å². The van der Waals surface area contributed by atoms with E-state index in [-0.39, 0.29) is 11.1 Å². The highest BCUT2D eigenvalue weighted by Gasteiger charge is 2.20. The Kier molecular flexibility index (Phi) is 6.80. The van der Waals surface area contributed by atoms with E-state index in [1.54, 1.807) is 12.1 Å². The quantitative estimate of drug-likeness (QED) is 0.293. The maximum atomic E-state index is 12.2. The molecule has 0 unspecified atom stereocenters. The number of nitro groups is 1. The average molecular weight is 387 g/mol. The maximum Gasteiger partial charge on any atom is 0.338 e. The standard InChI is InChI=1S/C19H17NO8/c1-3-27-16-6-4-12(5-7-16)17(21)11-28-19(23)14-8-13(18(22)26-2)9-15(10-14)20(24)25/h4-10H,3,11H2,1-2H3. The molecule has 0 amide bonds. The molecule has 2 aromatic rings. The Hall–Kier alpha value is -3.75. The minimum absolute atomic E-state index is 0.179. The topological polar surface area (TPSA) is 122 Å². The monoisotopic (exact) mass is 387 g/mol. The summed E-state index contributed by atoms with van der Waals surface area (Å²) < 4.78 is 14.7. The van der Waals surface area contributed by atoms with E-state index >= 15 is 0 Å². The fourth-order valence-corrected chi connectivity index (χ4v) is 2.27. The minimum atomic E-state index is -0.979. The number of rotatable bonds is 8. The summed E-state index contributed by atoms with van der Waals surface area (Å²) in [6, 6.07) is 9.32. The lowest BCUT2D eigenvalue weighted by molar-refractivity contribution is -0.384. The Labute approximate surface area is 160 Å². The van der Waals surface area contributed by atoms with Crippen LogP contribution in [-0.4, -0.2) is 43.0 Å². The van der Waals surface area contributed by atoms with E-state index in [4.69, 9.17) is 9.47 Å². The van der Waals surface area contributed by atoms with Gasteiger partial charge in [0, 0.05) is 17.7 Å². The van der Waals surface area contributed by atoms with Gasteiger partial charge in [-0.3, -0.25) is 14.9 Å². The summed E-state index contributed by atoms with van der Waals surface area (Å²) in [5.41, 5.74) is -0.589. The molecule has 0 aromatic heterocycles. The average Bonchev–Trinajstić information content (AvgIpc) is 2.71. The minimum Gasteiger partial charge on any atom is -0.494 e. The summed E-state index contributed by atoms with van der Waals surface area (Å²) >= 11 is 0. The van der Waals surface area contributed by atoms with Gasteiger partial charge in [0.1, 0.15) is 5.75 Å². The molecule has 2 aromatic carbocycles. The zero-order valence-electron chi connectivity index (χ0n) is 15.2. The fraction of sp³-hybridized carbons (Fsp3) is 0.211. The number of nitrogens with zero attached hydrogens (tertiary/aromatic N) is 1. The molecule has 0 aliphatic carbocycles. The maximum absolute atomic E-state index is 12.2. The smallest absolute Gasteiger partial charge is 0.338 e. The lowest BCUT2D eigenvalue weighted by Crippen LogP contribution is -2.15. The number of nitro benzene ring substituents is 1. The molecule has 0 atom stereocenters. The van der Waals surface area contributed by atoms with Crippen molar-refractivity contribution < 1.29 is 33.5 Å². The van der Waals surface area contributed by atoms with Crippen LogP contribution in [0.2, 0.25) is 0 Å². The van der Waals surface area contributed by atoms with Crippen molar-refractivity contribution in [2.45, 2.75) is 6.92 Å². The second-order valence-electron chi connectivity index (χ2n) is 5.47. The normalized spacial score (nSPS) is 10.1. The number of non-ortho nitro benzene ring substituents is 1. The Morgan fingerprint density at radius 2 is 1.57 bits per heavy atom. The third-order valence-electron chi connectivity index (χ3n) is 3.61. The fourth-order valence-electron chi connectivity index (χ4n) is 2.27. The highest BCUT2D eigenvalue weighted by atomic mass is 16.6. The number of esters is 2. The molecule has 9 heteroatoms. The molecule has 0 spiro atoms. The summed E-state index contributed by atoms with van der Waals surface area (Å²) in [5.74, 6) is -1.69. The predicted octanol–water partition coefficient (Wildman–Crippen LogP) is 2.82. The number of hydrogen-bond acceptors (Lipinski definition) is 8. The summed E-state index contributed by atoms with van der Waals surface area (Å²) in [7, 11) is 1.11. The van der Waals surface area contributed by atoms with Crippen LogP contribution in [-0.2, 0) is 9.47 Å². The zero-order valence-corrected chi connectivity index (χ0v) is 15.2. The largest absolute Gasteiger partial charge is 0.494 e. The van der Waals surface area contributed by atoms with Gasteiger partial charge in [0.2, 0.25) is 0 Å². The predicted molar refractivity (Wildman–Crippen MR) is 96.7 cm³/mol. The molecule has 0 bridgehead atoms. The van der Waals surface area contributed by atoms with E-state index in [2.05, 4.69) is 4.74 Å². The van der Waals surface area contributed by atoms with Crippen LogP contribution in [0.1, 0.15) is 38.0 Å². The number of benzene rings is 2. The van der Waals surface area contributed by atoms with Gasteiger partial charge >= 0.3 is 11.9 Å². The van der Waals surface area contributed by atoms with Crippen molar-refractivity contribution in [3.05, 3.63) is 69.3 Å². The number of hydrogen-bond donors (Lipinski definition) is 0. The molecule has 0 saturated carbocycles. The molecule has 2 rings (SSSR count). The first-order chi connectivity index (χ1) is 13.3. The summed E-state index contributed by atoms with van der Waals surface area (Å²) in [6.07, 6.45) is 0. The molecule has 0 radical (unpaired) electrons. The van der Waals surface area contributed by atoms with Gasteiger partial charge in [-0.25, -0.2) is 9.59 Å². The van der Waals surface area contributed by atoms with E-state index in [1.165, 1.54) is 12.1 Å². The lowest BCUT2D eigenvalue weighted by atomic mass is 10.1. The van der Waals surface area contributed by atoms with Crippen LogP contribution in [0, 0.1) is 10.1 Å². The van der Waals surface area contributed by atoms with E-state index < -0.39 is 34.9 Å². The summed E-state index contributed by atoms with van der Waals surface area (Å²) in [4.78, 5) is 46.2. The molecule has 0 aliphatic heterocycles. The van der Waals surface area contributed by atoms with Crippen LogP contribution in [0.3, 0.4) is 0 Å². The van der Waals surface area contributed by atoms with Gasteiger partial charge in [-0.15, -0.1) is 0 Å². The summed E-state index contributed by atoms with van der Waals surface area (Å²) in [6.45, 7) is 1.75.